The van der Waals surface area contributed by atoms with E-state index in [1.54, 1.807) is 0 Å². The van der Waals surface area contributed by atoms with Gasteiger partial charge in [0.25, 0.3) is 6.47 Å². The van der Waals surface area contributed by atoms with E-state index in [2.05, 4.69) is 10.1 Å². The van der Waals surface area contributed by atoms with E-state index in [1.165, 1.54) is 0 Å². The standard InChI is InChI=1S/C12H16ClNO.C5H10O2/c13-11-3-1-9(2-4-11)12(15)10-5-7-14-8-6-10;1-5(2,3)7-4-6/h1-4,10,12,14-15H,5-8H2;4H,1-3H3. The molecule has 1 saturated heterocycles. The third kappa shape index (κ3) is 7.25. The summed E-state index contributed by atoms with van der Waals surface area (Å²) in [6.07, 6.45) is 1.75. The largest absolute Gasteiger partial charge is 0.462 e. The minimum Gasteiger partial charge on any atom is -0.462 e. The number of hydrogen-bond acceptors (Lipinski definition) is 4. The lowest BCUT2D eigenvalue weighted by atomic mass is 9.88. The Morgan fingerprint density at radius 2 is 1.82 bits per heavy atom. The van der Waals surface area contributed by atoms with Crippen LogP contribution in [0.25, 0.3) is 0 Å². The van der Waals surface area contributed by atoms with E-state index in [0.29, 0.717) is 12.4 Å². The molecule has 0 saturated carbocycles. The maximum Gasteiger partial charge on any atom is 0.293 e. The second kappa shape index (κ2) is 9.13. The molecule has 1 aliphatic heterocycles. The summed E-state index contributed by atoms with van der Waals surface area (Å²) in [6, 6.07) is 7.49. The Bertz CT molecular complexity index is 436. The van der Waals surface area contributed by atoms with E-state index in [0.717, 1.165) is 36.5 Å². The molecule has 22 heavy (non-hydrogen) atoms. The van der Waals surface area contributed by atoms with Crippen LogP contribution < -0.4 is 5.32 Å². The molecule has 1 atom stereocenters. The number of aliphatic hydroxyl groups is 1. The van der Waals surface area contributed by atoms with Crippen molar-refractivity contribution in [1.29, 1.82) is 0 Å². The van der Waals surface area contributed by atoms with E-state index < -0.39 is 0 Å². The normalized spacial score (nSPS) is 17.1. The number of benzene rings is 1. The molecule has 1 fully saturated rings. The zero-order chi connectivity index (χ0) is 16.6. The summed E-state index contributed by atoms with van der Waals surface area (Å²) >= 11 is 5.81. The lowest BCUT2D eigenvalue weighted by molar-refractivity contribution is -0.138. The molecule has 0 spiro atoms. The van der Waals surface area contributed by atoms with Crippen LogP contribution in [0.4, 0.5) is 0 Å². The van der Waals surface area contributed by atoms with Gasteiger partial charge in [-0.05, 0) is 70.3 Å². The van der Waals surface area contributed by atoms with Crippen molar-refractivity contribution in [3.8, 4) is 0 Å². The van der Waals surface area contributed by atoms with Crippen molar-refractivity contribution in [2.24, 2.45) is 5.92 Å². The first-order valence-corrected chi connectivity index (χ1v) is 7.97. The lowest BCUT2D eigenvalue weighted by Gasteiger charge is -2.27. The Labute approximate surface area is 137 Å². The van der Waals surface area contributed by atoms with Gasteiger partial charge in [-0.2, -0.15) is 0 Å². The number of aliphatic hydroxyl groups excluding tert-OH is 1. The van der Waals surface area contributed by atoms with Gasteiger partial charge in [-0.1, -0.05) is 23.7 Å². The van der Waals surface area contributed by atoms with Crippen molar-refractivity contribution in [1.82, 2.24) is 5.32 Å². The Kier molecular flexibility index (Phi) is 7.87. The Morgan fingerprint density at radius 1 is 1.27 bits per heavy atom. The van der Waals surface area contributed by atoms with Crippen LogP contribution in [0, 0.1) is 5.92 Å². The van der Waals surface area contributed by atoms with Gasteiger partial charge in [0.2, 0.25) is 0 Å². The third-order valence-electron chi connectivity index (χ3n) is 3.44. The number of rotatable bonds is 3. The van der Waals surface area contributed by atoms with Crippen LogP contribution in [-0.4, -0.2) is 30.3 Å². The molecule has 0 bridgehead atoms. The number of carbonyl (C=O) groups is 1. The van der Waals surface area contributed by atoms with Gasteiger partial charge in [-0.3, -0.25) is 4.79 Å². The maximum absolute atomic E-state index is 10.2. The maximum atomic E-state index is 10.2. The summed E-state index contributed by atoms with van der Waals surface area (Å²) in [4.78, 5) is 9.60. The van der Waals surface area contributed by atoms with Gasteiger partial charge in [0.15, 0.2) is 0 Å². The minimum atomic E-state index is -0.343. The summed E-state index contributed by atoms with van der Waals surface area (Å²) in [5, 5.41) is 14.2. The Hall–Kier alpha value is -1.10. The van der Waals surface area contributed by atoms with Crippen LogP contribution in [0.5, 0.6) is 0 Å². The Morgan fingerprint density at radius 3 is 2.23 bits per heavy atom. The van der Waals surface area contributed by atoms with E-state index >= 15 is 0 Å². The number of piperidine rings is 1. The lowest BCUT2D eigenvalue weighted by Crippen LogP contribution is -2.30. The van der Waals surface area contributed by atoms with Gasteiger partial charge >= 0.3 is 0 Å². The van der Waals surface area contributed by atoms with Crippen molar-refractivity contribution < 1.29 is 14.6 Å². The zero-order valence-corrected chi connectivity index (χ0v) is 14.3. The average Bonchev–Trinajstić information content (AvgIpc) is 2.48. The molecular formula is C17H26ClNO3. The van der Waals surface area contributed by atoms with Crippen LogP contribution in [-0.2, 0) is 9.53 Å². The molecular weight excluding hydrogens is 302 g/mol. The molecule has 0 radical (unpaired) electrons. The smallest absolute Gasteiger partial charge is 0.293 e. The molecule has 2 N–H and O–H groups in total. The number of nitrogens with one attached hydrogen (secondary N) is 1. The molecule has 5 heteroatoms. The average molecular weight is 328 g/mol. The van der Waals surface area contributed by atoms with Crippen LogP contribution >= 0.6 is 11.6 Å². The van der Waals surface area contributed by atoms with Crippen molar-refractivity contribution in [3.63, 3.8) is 0 Å². The van der Waals surface area contributed by atoms with E-state index in [-0.39, 0.29) is 11.7 Å². The molecule has 0 aliphatic carbocycles. The zero-order valence-electron chi connectivity index (χ0n) is 13.5. The van der Waals surface area contributed by atoms with Crippen molar-refractivity contribution in [2.45, 2.75) is 45.3 Å². The number of ether oxygens (including phenoxy) is 1. The van der Waals surface area contributed by atoms with Gasteiger partial charge in [0.1, 0.15) is 5.60 Å². The highest BCUT2D eigenvalue weighted by Gasteiger charge is 2.22. The molecule has 1 aromatic rings. The predicted octanol–water partition coefficient (Wildman–Crippen LogP) is 3.33. The van der Waals surface area contributed by atoms with Gasteiger partial charge in [0, 0.05) is 5.02 Å². The highest BCUT2D eigenvalue weighted by Crippen LogP contribution is 2.29. The minimum absolute atomic E-state index is 0.318. The first-order chi connectivity index (χ1) is 10.3. The summed E-state index contributed by atoms with van der Waals surface area (Å²) in [6.45, 7) is 7.94. The van der Waals surface area contributed by atoms with Crippen LogP contribution in [0.3, 0.4) is 0 Å². The van der Waals surface area contributed by atoms with E-state index in [1.807, 2.05) is 45.0 Å². The second-order valence-electron chi connectivity index (χ2n) is 6.41. The molecule has 1 unspecified atom stereocenters. The molecule has 2 rings (SSSR count). The first kappa shape index (κ1) is 18.9. The fourth-order valence-electron chi connectivity index (χ4n) is 2.24. The number of carbonyl (C=O) groups excluding carboxylic acids is 1. The molecule has 0 aromatic heterocycles. The van der Waals surface area contributed by atoms with Gasteiger partial charge < -0.3 is 15.2 Å². The summed E-state index contributed by atoms with van der Waals surface area (Å²) in [5.74, 6) is 0.382. The predicted molar refractivity (Wildman–Crippen MR) is 88.9 cm³/mol. The van der Waals surface area contributed by atoms with Gasteiger partial charge in [-0.15, -0.1) is 0 Å². The van der Waals surface area contributed by atoms with Gasteiger partial charge in [-0.25, -0.2) is 0 Å². The Balaban J connectivity index is 0.000000295. The molecule has 4 nitrogen and oxygen atoms in total. The monoisotopic (exact) mass is 327 g/mol. The third-order valence-corrected chi connectivity index (χ3v) is 3.70. The summed E-state index contributed by atoms with van der Waals surface area (Å²) in [5.41, 5.74) is 0.660. The highest BCUT2D eigenvalue weighted by molar-refractivity contribution is 6.30. The van der Waals surface area contributed by atoms with E-state index in [4.69, 9.17) is 11.6 Å². The quantitative estimate of drug-likeness (QED) is 0.836. The molecule has 124 valence electrons. The molecule has 1 aliphatic rings. The van der Waals surface area contributed by atoms with E-state index in [9.17, 15) is 9.90 Å². The highest BCUT2D eigenvalue weighted by atomic mass is 35.5. The van der Waals surface area contributed by atoms with Gasteiger partial charge in [0.05, 0.1) is 6.10 Å². The first-order valence-electron chi connectivity index (χ1n) is 7.59. The van der Waals surface area contributed by atoms with Crippen LogP contribution in [0.15, 0.2) is 24.3 Å². The molecule has 1 heterocycles. The van der Waals surface area contributed by atoms with Crippen LogP contribution in [0.1, 0.15) is 45.3 Å². The van der Waals surface area contributed by atoms with Crippen LogP contribution in [0.2, 0.25) is 5.02 Å². The van der Waals surface area contributed by atoms with Crippen molar-refractivity contribution >= 4 is 18.1 Å². The SMILES string of the molecule is CC(C)(C)OC=O.OC(c1ccc(Cl)cc1)C1CCNCC1. The molecule has 1 aromatic carbocycles. The summed E-state index contributed by atoms with van der Waals surface area (Å²) < 4.78 is 4.55. The van der Waals surface area contributed by atoms with Crippen molar-refractivity contribution in [3.05, 3.63) is 34.9 Å². The fraction of sp³-hybridized carbons (Fsp3) is 0.588. The number of halogens is 1. The topological polar surface area (TPSA) is 58.6 Å². The molecule has 0 amide bonds. The number of hydrogen-bond donors (Lipinski definition) is 2. The second-order valence-corrected chi connectivity index (χ2v) is 6.85. The van der Waals surface area contributed by atoms with Crippen molar-refractivity contribution in [2.75, 3.05) is 13.1 Å². The fourth-order valence-corrected chi connectivity index (χ4v) is 2.36. The summed E-state index contributed by atoms with van der Waals surface area (Å²) in [7, 11) is 0.